The zero-order valence-corrected chi connectivity index (χ0v) is 18.6. The lowest BCUT2D eigenvalue weighted by Crippen LogP contribution is -2.15. The normalized spacial score (nSPS) is 11.7. The van der Waals surface area contributed by atoms with E-state index in [1.54, 1.807) is 42.5 Å². The molecule has 0 saturated carbocycles. The molecule has 3 aromatic carbocycles. The molecular weight excluding hydrogens is 464 g/mol. The van der Waals surface area contributed by atoms with E-state index in [1.165, 1.54) is 42.5 Å². The number of aromatic nitrogens is 2. The molecule has 0 aliphatic carbocycles. The number of nitrogens with zero attached hydrogens (tertiary/aromatic N) is 2. The molecule has 0 atom stereocenters. The first-order chi connectivity index (χ1) is 15.7. The van der Waals surface area contributed by atoms with Gasteiger partial charge in [-0.1, -0.05) is 48.5 Å². The van der Waals surface area contributed by atoms with Crippen LogP contribution in [0.3, 0.4) is 0 Å². The van der Waals surface area contributed by atoms with Crippen LogP contribution in [0.15, 0.2) is 101 Å². The zero-order chi connectivity index (χ0) is 23.5. The van der Waals surface area contributed by atoms with Gasteiger partial charge in [0.15, 0.2) is 0 Å². The van der Waals surface area contributed by atoms with Crippen LogP contribution in [0.25, 0.3) is 11.3 Å². The second-order valence-corrected chi connectivity index (χ2v) is 10.1. The third kappa shape index (κ3) is 5.52. The monoisotopic (exact) mass is 482 g/mol. The van der Waals surface area contributed by atoms with E-state index in [-0.39, 0.29) is 21.6 Å². The first-order valence-corrected chi connectivity index (χ1v) is 12.6. The molecule has 33 heavy (non-hydrogen) atoms. The smallest absolute Gasteiger partial charge is 0.264 e. The molecule has 0 aliphatic heterocycles. The number of para-hydroxylation sites is 1. The highest BCUT2D eigenvalue weighted by Crippen LogP contribution is 2.27. The van der Waals surface area contributed by atoms with Gasteiger partial charge in [-0.25, -0.2) is 31.7 Å². The Labute approximate surface area is 191 Å². The summed E-state index contributed by atoms with van der Waals surface area (Å²) in [5, 5.41) is 5.15. The average molecular weight is 483 g/mol. The quantitative estimate of drug-likeness (QED) is 0.411. The summed E-state index contributed by atoms with van der Waals surface area (Å²) in [6, 6.07) is 23.8. The van der Waals surface area contributed by atoms with E-state index in [1.807, 2.05) is 6.07 Å². The van der Waals surface area contributed by atoms with E-state index < -0.39 is 20.0 Å². The number of rotatable bonds is 7. The third-order valence-electron chi connectivity index (χ3n) is 4.43. The van der Waals surface area contributed by atoms with Crippen LogP contribution in [0.2, 0.25) is 0 Å². The van der Waals surface area contributed by atoms with Crippen molar-refractivity contribution in [2.45, 2.75) is 9.79 Å². The molecule has 3 N–H and O–H groups in total. The molecule has 0 fully saturated rings. The maximum atomic E-state index is 12.8. The lowest BCUT2D eigenvalue weighted by molar-refractivity contribution is 0.463. The van der Waals surface area contributed by atoms with E-state index in [9.17, 15) is 16.8 Å². The topological polar surface area (TPSA) is 141 Å². The molecule has 0 amide bonds. The van der Waals surface area contributed by atoms with Gasteiger partial charge in [0, 0.05) is 11.6 Å². The van der Waals surface area contributed by atoms with Crippen LogP contribution in [-0.4, -0.2) is 26.8 Å². The van der Waals surface area contributed by atoms with Crippen molar-refractivity contribution < 1.29 is 21.6 Å². The molecule has 4 rings (SSSR count). The molecule has 4 aromatic rings. The Bertz CT molecular complexity index is 1480. The Morgan fingerprint density at radius 2 is 1.33 bits per heavy atom. The average Bonchev–Trinajstić information content (AvgIpc) is 2.79. The second kappa shape index (κ2) is 8.98. The summed E-state index contributed by atoms with van der Waals surface area (Å²) >= 11 is 0. The van der Waals surface area contributed by atoms with Crippen molar-refractivity contribution in [2.24, 2.45) is 5.14 Å². The zero-order valence-electron chi connectivity index (χ0n) is 17.0. The first-order valence-electron chi connectivity index (χ1n) is 9.54. The Hall–Kier alpha value is -3.80. The molecule has 168 valence electrons. The van der Waals surface area contributed by atoms with Gasteiger partial charge >= 0.3 is 0 Å². The highest BCUT2D eigenvalue weighted by Gasteiger charge is 2.18. The Balaban J connectivity index is 1.75. The van der Waals surface area contributed by atoms with Crippen LogP contribution >= 0.6 is 0 Å². The maximum absolute atomic E-state index is 12.8. The fraction of sp³-hybridized carbons (Fsp3) is 0. The number of anilines is 1. The SMILES string of the molecule is NS(=O)(=O)c1ccc(-c2cc(Oc3ccccc3)nc(NS(=O)(=O)c3ccccc3)n2)cc1. The standard InChI is InChI=1S/C22H18N4O5S2/c23-32(27,28)18-13-11-16(12-14-18)20-15-21(31-17-7-3-1-4-8-17)25-22(24-20)26-33(29,30)19-9-5-2-6-10-19/h1-15H,(H2,23,27,28)(H,24,25,26). The van der Waals surface area contributed by atoms with Gasteiger partial charge in [0.25, 0.3) is 10.0 Å². The lowest BCUT2D eigenvalue weighted by Gasteiger charge is -2.11. The van der Waals surface area contributed by atoms with E-state index in [2.05, 4.69) is 14.7 Å². The van der Waals surface area contributed by atoms with Crippen molar-refractivity contribution in [1.82, 2.24) is 9.97 Å². The summed E-state index contributed by atoms with van der Waals surface area (Å²) in [6.07, 6.45) is 0. The van der Waals surface area contributed by atoms with Gasteiger partial charge in [0.2, 0.25) is 21.9 Å². The van der Waals surface area contributed by atoms with Crippen LogP contribution in [0.1, 0.15) is 0 Å². The van der Waals surface area contributed by atoms with Gasteiger partial charge in [-0.15, -0.1) is 0 Å². The van der Waals surface area contributed by atoms with Crippen molar-refractivity contribution in [3.8, 4) is 22.9 Å². The van der Waals surface area contributed by atoms with Crippen molar-refractivity contribution in [1.29, 1.82) is 0 Å². The molecule has 0 spiro atoms. The summed E-state index contributed by atoms with van der Waals surface area (Å²) < 4.78 is 56.7. The number of nitrogens with two attached hydrogens (primary N) is 1. The van der Waals surface area contributed by atoms with Gasteiger partial charge in [-0.3, -0.25) is 0 Å². The molecule has 0 saturated heterocycles. The van der Waals surface area contributed by atoms with E-state index in [0.29, 0.717) is 17.0 Å². The molecule has 0 unspecified atom stereocenters. The minimum Gasteiger partial charge on any atom is -0.439 e. The molecule has 9 nitrogen and oxygen atoms in total. The Kier molecular flexibility index (Phi) is 6.09. The van der Waals surface area contributed by atoms with Crippen LogP contribution in [0, 0.1) is 0 Å². The molecular formula is C22H18N4O5S2. The summed E-state index contributed by atoms with van der Waals surface area (Å²) in [5.41, 5.74) is 0.811. The molecule has 0 bridgehead atoms. The number of sulfonamides is 2. The van der Waals surface area contributed by atoms with Crippen LogP contribution in [0.4, 0.5) is 5.95 Å². The summed E-state index contributed by atoms with van der Waals surface area (Å²) in [7, 11) is -7.82. The number of hydrogen-bond acceptors (Lipinski definition) is 7. The van der Waals surface area contributed by atoms with Crippen molar-refractivity contribution in [3.05, 3.63) is 91.0 Å². The highest BCUT2D eigenvalue weighted by molar-refractivity contribution is 7.92. The molecule has 1 aromatic heterocycles. The fourth-order valence-corrected chi connectivity index (χ4v) is 4.35. The van der Waals surface area contributed by atoms with Gasteiger partial charge in [-0.2, -0.15) is 4.98 Å². The molecule has 1 heterocycles. The lowest BCUT2D eigenvalue weighted by atomic mass is 10.1. The predicted molar refractivity (Wildman–Crippen MR) is 123 cm³/mol. The summed E-state index contributed by atoms with van der Waals surface area (Å²) in [4.78, 5) is 8.45. The van der Waals surface area contributed by atoms with Gasteiger partial charge in [0.05, 0.1) is 15.5 Å². The summed E-state index contributed by atoms with van der Waals surface area (Å²) in [6.45, 7) is 0. The van der Waals surface area contributed by atoms with Crippen LogP contribution in [0.5, 0.6) is 11.6 Å². The Morgan fingerprint density at radius 3 is 1.94 bits per heavy atom. The van der Waals surface area contributed by atoms with Crippen LogP contribution < -0.4 is 14.6 Å². The number of nitrogens with one attached hydrogen (secondary N) is 1. The van der Waals surface area contributed by atoms with E-state index in [0.717, 1.165) is 0 Å². The van der Waals surface area contributed by atoms with E-state index >= 15 is 0 Å². The largest absolute Gasteiger partial charge is 0.439 e. The highest BCUT2D eigenvalue weighted by atomic mass is 32.2. The maximum Gasteiger partial charge on any atom is 0.264 e. The number of ether oxygens (including phenoxy) is 1. The molecule has 11 heteroatoms. The van der Waals surface area contributed by atoms with Gasteiger partial charge in [-0.05, 0) is 36.4 Å². The Morgan fingerprint density at radius 1 is 0.727 bits per heavy atom. The predicted octanol–water partition coefficient (Wildman–Crippen LogP) is 3.38. The molecule has 0 radical (unpaired) electrons. The summed E-state index contributed by atoms with van der Waals surface area (Å²) in [5.74, 6) is 0.369. The fourth-order valence-electron chi connectivity index (χ4n) is 2.87. The van der Waals surface area contributed by atoms with Crippen molar-refractivity contribution in [3.63, 3.8) is 0 Å². The second-order valence-electron chi connectivity index (χ2n) is 6.82. The number of hydrogen-bond donors (Lipinski definition) is 2. The minimum atomic E-state index is -3.95. The van der Waals surface area contributed by atoms with Gasteiger partial charge in [0.1, 0.15) is 5.75 Å². The van der Waals surface area contributed by atoms with E-state index in [4.69, 9.17) is 9.88 Å². The van der Waals surface area contributed by atoms with Crippen molar-refractivity contribution >= 4 is 26.0 Å². The minimum absolute atomic E-state index is 0.0436. The third-order valence-corrected chi connectivity index (χ3v) is 6.70. The van der Waals surface area contributed by atoms with Gasteiger partial charge < -0.3 is 4.74 Å². The van der Waals surface area contributed by atoms with Crippen molar-refractivity contribution in [2.75, 3.05) is 4.72 Å². The molecule has 0 aliphatic rings. The number of primary sulfonamides is 1. The van der Waals surface area contributed by atoms with Crippen LogP contribution in [-0.2, 0) is 20.0 Å². The first kappa shape index (κ1) is 22.4. The number of benzene rings is 3.